The molecule has 0 saturated heterocycles. The van der Waals surface area contributed by atoms with Crippen LogP contribution in [0.2, 0.25) is 0 Å². The van der Waals surface area contributed by atoms with Gasteiger partial charge in [-0.3, -0.25) is 9.59 Å². The van der Waals surface area contributed by atoms with Crippen LogP contribution in [0.3, 0.4) is 0 Å². The molecule has 1 fully saturated rings. The Balaban J connectivity index is 1.61. The number of ether oxygens (including phenoxy) is 1. The maximum atomic E-state index is 13.7. The molecule has 4 aromatic rings. The van der Waals surface area contributed by atoms with Crippen LogP contribution in [-0.2, 0) is 4.74 Å². The van der Waals surface area contributed by atoms with Crippen LogP contribution in [-0.4, -0.2) is 45.0 Å². The zero-order valence-electron chi connectivity index (χ0n) is 24.2. The van der Waals surface area contributed by atoms with Crippen LogP contribution in [0.4, 0.5) is 10.1 Å². The first kappa shape index (κ1) is 28.6. The second kappa shape index (κ2) is 11.9. The van der Waals surface area contributed by atoms with Crippen LogP contribution in [0.15, 0.2) is 65.1 Å². The van der Waals surface area contributed by atoms with Crippen molar-refractivity contribution in [3.63, 3.8) is 0 Å². The third-order valence-electron chi connectivity index (χ3n) is 8.08. The van der Waals surface area contributed by atoms with Crippen LogP contribution in [0.5, 0.6) is 0 Å². The zero-order chi connectivity index (χ0) is 29.1. The number of furan rings is 1. The van der Waals surface area contributed by atoms with Gasteiger partial charge in [0.2, 0.25) is 0 Å². The summed E-state index contributed by atoms with van der Waals surface area (Å²) in [5, 5.41) is 3.80. The first-order valence-corrected chi connectivity index (χ1v) is 14.3. The molecule has 0 bridgehead atoms. The predicted molar refractivity (Wildman–Crippen MR) is 161 cm³/mol. The Morgan fingerprint density at radius 3 is 2.37 bits per heavy atom. The summed E-state index contributed by atoms with van der Waals surface area (Å²) in [6, 6.07) is 17.6. The fraction of sp³-hybridized carbons (Fsp3) is 0.353. The van der Waals surface area contributed by atoms with Gasteiger partial charge >= 0.3 is 0 Å². The van der Waals surface area contributed by atoms with Gasteiger partial charge in [-0.05, 0) is 74.7 Å². The summed E-state index contributed by atoms with van der Waals surface area (Å²) in [4.78, 5) is 28.7. The third kappa shape index (κ3) is 5.77. The van der Waals surface area contributed by atoms with Gasteiger partial charge in [-0.1, -0.05) is 19.1 Å². The van der Waals surface area contributed by atoms with Crippen molar-refractivity contribution in [3.8, 4) is 22.5 Å². The molecule has 0 radical (unpaired) electrons. The van der Waals surface area contributed by atoms with E-state index < -0.39 is 0 Å². The van der Waals surface area contributed by atoms with Gasteiger partial charge in [0, 0.05) is 72.4 Å². The predicted octanol–water partition coefficient (Wildman–Crippen LogP) is 7.50. The lowest BCUT2D eigenvalue weighted by molar-refractivity contribution is 0.0918. The topological polar surface area (TPSA) is 71.8 Å². The van der Waals surface area contributed by atoms with Crippen molar-refractivity contribution in [2.75, 3.05) is 38.3 Å². The van der Waals surface area contributed by atoms with Crippen molar-refractivity contribution in [2.45, 2.75) is 40.0 Å². The SMILES string of the molecule is CCC(=O)c1c(-c2ccc(F)cc2)oc2cc(N(CC)CC)c(-c3cccc(C(=O)NCC4(COC)CC4)c3)cc12. The summed E-state index contributed by atoms with van der Waals surface area (Å²) in [7, 11) is 1.69. The number of anilines is 1. The highest BCUT2D eigenvalue weighted by Crippen LogP contribution is 2.45. The Labute approximate surface area is 240 Å². The van der Waals surface area contributed by atoms with E-state index in [1.165, 1.54) is 12.1 Å². The Morgan fingerprint density at radius 2 is 1.73 bits per heavy atom. The van der Waals surface area contributed by atoms with Gasteiger partial charge in [-0.25, -0.2) is 4.39 Å². The number of halogens is 1. The molecule has 1 saturated carbocycles. The smallest absolute Gasteiger partial charge is 0.251 e. The van der Waals surface area contributed by atoms with Gasteiger partial charge in [-0.2, -0.15) is 0 Å². The number of fused-ring (bicyclic) bond motifs is 1. The molecule has 214 valence electrons. The minimum absolute atomic E-state index is 0.0503. The van der Waals surface area contributed by atoms with Gasteiger partial charge in [0.25, 0.3) is 5.91 Å². The largest absolute Gasteiger partial charge is 0.455 e. The van der Waals surface area contributed by atoms with Crippen LogP contribution >= 0.6 is 0 Å². The standard InChI is InChI=1S/C34H37FN2O4/c1-5-29(38)31-27-18-26(23-9-8-10-24(17-23)33(39)36-20-34(15-16-34)21-40-4)28(37(6-2)7-3)19-30(27)41-32(31)22-11-13-25(35)14-12-22/h8-14,17-19H,5-7,15-16,20-21H2,1-4H3,(H,36,39). The Bertz CT molecular complexity index is 1570. The third-order valence-corrected chi connectivity index (χ3v) is 8.08. The van der Waals surface area contributed by atoms with E-state index in [0.717, 1.165) is 42.7 Å². The van der Waals surface area contributed by atoms with Crippen molar-refractivity contribution in [1.29, 1.82) is 0 Å². The normalized spacial score (nSPS) is 13.8. The molecule has 0 unspecified atom stereocenters. The second-order valence-electron chi connectivity index (χ2n) is 10.8. The highest BCUT2D eigenvalue weighted by atomic mass is 19.1. The minimum atomic E-state index is -0.353. The summed E-state index contributed by atoms with van der Waals surface area (Å²) in [6.45, 7) is 8.77. The number of hydrogen-bond donors (Lipinski definition) is 1. The van der Waals surface area contributed by atoms with Crippen molar-refractivity contribution in [3.05, 3.63) is 77.6 Å². The van der Waals surface area contributed by atoms with E-state index in [9.17, 15) is 14.0 Å². The summed E-state index contributed by atoms with van der Waals surface area (Å²) in [5.41, 5.74) is 5.08. The van der Waals surface area contributed by atoms with Crippen molar-refractivity contribution in [1.82, 2.24) is 5.32 Å². The number of methoxy groups -OCH3 is 1. The van der Waals surface area contributed by atoms with Gasteiger partial charge in [0.05, 0.1) is 12.2 Å². The fourth-order valence-corrected chi connectivity index (χ4v) is 5.50. The number of carbonyl (C=O) groups excluding carboxylic acids is 2. The lowest BCUT2D eigenvalue weighted by Gasteiger charge is -2.24. The Hall–Kier alpha value is -3.97. The first-order chi connectivity index (χ1) is 19.8. The number of ketones is 1. The van der Waals surface area contributed by atoms with Gasteiger partial charge < -0.3 is 19.4 Å². The molecule has 0 aliphatic heterocycles. The van der Waals surface area contributed by atoms with Crippen LogP contribution in [0, 0.1) is 11.2 Å². The van der Waals surface area contributed by atoms with Gasteiger partial charge in [0.1, 0.15) is 17.2 Å². The van der Waals surface area contributed by atoms with Crippen LogP contribution in [0.25, 0.3) is 33.4 Å². The fourth-order valence-electron chi connectivity index (χ4n) is 5.50. The quantitative estimate of drug-likeness (QED) is 0.183. The van der Waals surface area contributed by atoms with Crippen molar-refractivity contribution < 1.29 is 23.1 Å². The molecule has 0 atom stereocenters. The molecule has 1 heterocycles. The number of nitrogens with one attached hydrogen (secondary N) is 1. The molecule has 41 heavy (non-hydrogen) atoms. The monoisotopic (exact) mass is 556 g/mol. The number of hydrogen-bond acceptors (Lipinski definition) is 5. The van der Waals surface area contributed by atoms with E-state index in [0.29, 0.717) is 53.0 Å². The van der Waals surface area contributed by atoms with Crippen molar-refractivity contribution in [2.24, 2.45) is 5.41 Å². The molecule has 1 N–H and O–H groups in total. The molecule has 3 aromatic carbocycles. The van der Waals surface area contributed by atoms with Crippen molar-refractivity contribution >= 4 is 28.3 Å². The molecule has 1 amide bonds. The lowest BCUT2D eigenvalue weighted by atomic mass is 9.95. The molecule has 1 aliphatic carbocycles. The number of nitrogens with zero attached hydrogens (tertiary/aromatic N) is 1. The summed E-state index contributed by atoms with van der Waals surface area (Å²) in [6.07, 6.45) is 2.41. The molecule has 5 rings (SSSR count). The number of Topliss-reactive ketones (excluding diaryl/α,β-unsaturated/α-hetero) is 1. The highest BCUT2D eigenvalue weighted by molar-refractivity contribution is 6.13. The van der Waals surface area contributed by atoms with E-state index in [-0.39, 0.29) is 22.9 Å². The lowest BCUT2D eigenvalue weighted by Crippen LogP contribution is -2.32. The molecular formula is C34H37FN2O4. The number of benzene rings is 3. The van der Waals surface area contributed by atoms with E-state index in [1.54, 1.807) is 19.2 Å². The number of rotatable bonds is 12. The van der Waals surface area contributed by atoms with Gasteiger partial charge in [0.15, 0.2) is 5.78 Å². The maximum Gasteiger partial charge on any atom is 0.251 e. The van der Waals surface area contributed by atoms with E-state index in [2.05, 4.69) is 24.1 Å². The van der Waals surface area contributed by atoms with E-state index >= 15 is 0 Å². The van der Waals surface area contributed by atoms with E-state index in [4.69, 9.17) is 9.15 Å². The molecule has 6 nitrogen and oxygen atoms in total. The molecule has 1 aliphatic rings. The molecule has 1 aromatic heterocycles. The van der Waals surface area contributed by atoms with Crippen LogP contribution < -0.4 is 10.2 Å². The Morgan fingerprint density at radius 1 is 1.00 bits per heavy atom. The average molecular weight is 557 g/mol. The molecular weight excluding hydrogens is 519 g/mol. The maximum absolute atomic E-state index is 13.7. The molecule has 7 heteroatoms. The summed E-state index contributed by atoms with van der Waals surface area (Å²) < 4.78 is 25.4. The zero-order valence-corrected chi connectivity index (χ0v) is 24.2. The second-order valence-corrected chi connectivity index (χ2v) is 10.8. The Kier molecular flexibility index (Phi) is 8.27. The number of carbonyl (C=O) groups is 2. The van der Waals surface area contributed by atoms with Crippen LogP contribution in [0.1, 0.15) is 60.7 Å². The average Bonchev–Trinajstić information content (AvgIpc) is 3.66. The molecule has 0 spiro atoms. The van der Waals surface area contributed by atoms with E-state index in [1.807, 2.05) is 43.3 Å². The summed E-state index contributed by atoms with van der Waals surface area (Å²) in [5.74, 6) is -0.0896. The highest BCUT2D eigenvalue weighted by Gasteiger charge is 2.42. The summed E-state index contributed by atoms with van der Waals surface area (Å²) >= 11 is 0. The van der Waals surface area contributed by atoms with Gasteiger partial charge in [-0.15, -0.1) is 0 Å². The minimum Gasteiger partial charge on any atom is -0.455 e. The number of amides is 1. The first-order valence-electron chi connectivity index (χ1n) is 14.3.